The van der Waals surface area contributed by atoms with Gasteiger partial charge >= 0.3 is 0 Å². The number of nitro benzene ring substituents is 1. The Bertz CT molecular complexity index is 977. The number of halogens is 2. The Kier molecular flexibility index (Phi) is 7.00. The first-order valence-corrected chi connectivity index (χ1v) is 9.27. The molecule has 0 aromatic heterocycles. The van der Waals surface area contributed by atoms with Crippen molar-refractivity contribution in [1.29, 1.82) is 0 Å². The maximum Gasteiger partial charge on any atom is 0.272 e. The number of carbonyl (C=O) groups excluding carboxylic acids is 2. The van der Waals surface area contributed by atoms with E-state index in [-0.39, 0.29) is 17.1 Å². The number of benzene rings is 2. The van der Waals surface area contributed by atoms with Crippen LogP contribution in [0, 0.1) is 15.5 Å². The van der Waals surface area contributed by atoms with Crippen LogP contribution in [0.2, 0.25) is 10.0 Å². The normalized spacial score (nSPS) is 11.7. The molecule has 0 bridgehead atoms. The van der Waals surface area contributed by atoms with E-state index in [1.54, 1.807) is 39.0 Å². The molecule has 0 aliphatic carbocycles. The quantitative estimate of drug-likeness (QED) is 0.389. The molecule has 2 amide bonds. The molecule has 0 radical (unpaired) electrons. The van der Waals surface area contributed by atoms with Crippen molar-refractivity contribution in [3.05, 3.63) is 73.9 Å². The van der Waals surface area contributed by atoms with Crippen LogP contribution in [0.5, 0.6) is 0 Å². The standard InChI is InChI=1S/C20H19Cl2N3O4/c1-20(2,3)19(27)24-17(11-14-15(21)8-5-9-16(14)22)18(26)23-12-6-4-7-13(10-12)25(28)29/h4-11H,1-3H3,(H,23,26)(H,24,27)/b17-11+. The maximum absolute atomic E-state index is 12.8. The van der Waals surface area contributed by atoms with Gasteiger partial charge < -0.3 is 10.6 Å². The van der Waals surface area contributed by atoms with Gasteiger partial charge in [0, 0.05) is 38.8 Å². The lowest BCUT2D eigenvalue weighted by molar-refractivity contribution is -0.384. The van der Waals surface area contributed by atoms with Crippen LogP contribution < -0.4 is 10.6 Å². The molecule has 29 heavy (non-hydrogen) atoms. The smallest absolute Gasteiger partial charge is 0.272 e. The van der Waals surface area contributed by atoms with Crippen molar-refractivity contribution in [3.63, 3.8) is 0 Å². The van der Waals surface area contributed by atoms with Gasteiger partial charge in [0.25, 0.3) is 11.6 Å². The molecule has 9 heteroatoms. The van der Waals surface area contributed by atoms with Gasteiger partial charge in [-0.2, -0.15) is 0 Å². The van der Waals surface area contributed by atoms with Crippen LogP contribution >= 0.6 is 23.2 Å². The first-order chi connectivity index (χ1) is 13.5. The fourth-order valence-electron chi connectivity index (χ4n) is 2.16. The third-order valence-corrected chi connectivity index (χ3v) is 4.44. The van der Waals surface area contributed by atoms with E-state index in [2.05, 4.69) is 10.6 Å². The molecule has 0 unspecified atom stereocenters. The lowest BCUT2D eigenvalue weighted by atomic mass is 9.95. The van der Waals surface area contributed by atoms with E-state index >= 15 is 0 Å². The highest BCUT2D eigenvalue weighted by Gasteiger charge is 2.24. The molecule has 0 fully saturated rings. The van der Waals surface area contributed by atoms with Crippen molar-refractivity contribution in [2.75, 3.05) is 5.32 Å². The number of nitrogens with zero attached hydrogens (tertiary/aromatic N) is 1. The Labute approximate surface area is 177 Å². The molecule has 0 saturated carbocycles. The largest absolute Gasteiger partial charge is 0.321 e. The van der Waals surface area contributed by atoms with E-state index in [1.165, 1.54) is 30.3 Å². The molecule has 2 rings (SSSR count). The Hall–Kier alpha value is -2.90. The number of hydrogen-bond acceptors (Lipinski definition) is 4. The fourth-order valence-corrected chi connectivity index (χ4v) is 2.66. The summed E-state index contributed by atoms with van der Waals surface area (Å²) in [5, 5.41) is 16.6. The van der Waals surface area contributed by atoms with Gasteiger partial charge in [0.05, 0.1) is 4.92 Å². The summed E-state index contributed by atoms with van der Waals surface area (Å²) in [6.07, 6.45) is 1.36. The molecule has 0 saturated heterocycles. The van der Waals surface area contributed by atoms with Crippen LogP contribution in [0.15, 0.2) is 48.2 Å². The van der Waals surface area contributed by atoms with Crippen LogP contribution in [-0.2, 0) is 9.59 Å². The van der Waals surface area contributed by atoms with Crippen LogP contribution in [-0.4, -0.2) is 16.7 Å². The summed E-state index contributed by atoms with van der Waals surface area (Å²) in [6, 6.07) is 10.3. The lowest BCUT2D eigenvalue weighted by Gasteiger charge is -2.19. The van der Waals surface area contributed by atoms with E-state index in [9.17, 15) is 19.7 Å². The first kappa shape index (κ1) is 22.4. The van der Waals surface area contributed by atoms with Gasteiger partial charge in [0.2, 0.25) is 5.91 Å². The Balaban J connectivity index is 2.42. The molecule has 0 atom stereocenters. The second-order valence-corrected chi connectivity index (χ2v) is 7.97. The number of hydrogen-bond donors (Lipinski definition) is 2. The fraction of sp³-hybridized carbons (Fsp3) is 0.200. The summed E-state index contributed by atoms with van der Waals surface area (Å²) < 4.78 is 0. The highest BCUT2D eigenvalue weighted by molar-refractivity contribution is 6.37. The zero-order chi connectivity index (χ0) is 21.8. The number of non-ortho nitro benzene ring substituents is 1. The van der Waals surface area contributed by atoms with Gasteiger partial charge in [0.1, 0.15) is 5.70 Å². The first-order valence-electron chi connectivity index (χ1n) is 8.52. The number of amides is 2. The Morgan fingerprint density at radius 2 is 1.66 bits per heavy atom. The third-order valence-electron chi connectivity index (χ3n) is 3.78. The summed E-state index contributed by atoms with van der Waals surface area (Å²) >= 11 is 12.3. The minimum atomic E-state index is -0.769. The zero-order valence-electron chi connectivity index (χ0n) is 16.0. The zero-order valence-corrected chi connectivity index (χ0v) is 17.5. The molecule has 0 spiro atoms. The monoisotopic (exact) mass is 435 g/mol. The topological polar surface area (TPSA) is 101 Å². The van der Waals surface area contributed by atoms with Crippen molar-refractivity contribution >= 4 is 52.5 Å². The van der Waals surface area contributed by atoms with E-state index < -0.39 is 22.2 Å². The minimum Gasteiger partial charge on any atom is -0.321 e. The van der Waals surface area contributed by atoms with Gasteiger partial charge in [-0.05, 0) is 24.3 Å². The second kappa shape index (κ2) is 9.07. The molecular weight excluding hydrogens is 417 g/mol. The second-order valence-electron chi connectivity index (χ2n) is 7.16. The Morgan fingerprint density at radius 3 is 2.21 bits per heavy atom. The molecule has 0 aliphatic heterocycles. The average molecular weight is 436 g/mol. The minimum absolute atomic E-state index is 0.105. The van der Waals surface area contributed by atoms with Gasteiger partial charge in [0.15, 0.2) is 0 Å². The van der Waals surface area contributed by atoms with Gasteiger partial charge in [-0.15, -0.1) is 0 Å². The number of carbonyl (C=O) groups is 2. The summed E-state index contributed by atoms with van der Waals surface area (Å²) in [4.78, 5) is 35.6. The molecule has 152 valence electrons. The molecular formula is C20H19Cl2N3O4. The Morgan fingerprint density at radius 1 is 1.07 bits per heavy atom. The summed E-state index contributed by atoms with van der Waals surface area (Å²) in [5.74, 6) is -1.08. The number of nitro groups is 1. The number of anilines is 1. The van der Waals surface area contributed by atoms with Crippen molar-refractivity contribution in [2.45, 2.75) is 20.8 Å². The molecule has 2 aromatic carbocycles. The van der Waals surface area contributed by atoms with Crippen molar-refractivity contribution in [2.24, 2.45) is 5.41 Å². The molecule has 2 N–H and O–H groups in total. The summed E-state index contributed by atoms with van der Waals surface area (Å²) in [5.41, 5.74) is -0.498. The van der Waals surface area contributed by atoms with Gasteiger partial charge in [-0.3, -0.25) is 19.7 Å². The van der Waals surface area contributed by atoms with Crippen LogP contribution in [0.25, 0.3) is 6.08 Å². The molecule has 0 aliphatic rings. The van der Waals surface area contributed by atoms with Crippen LogP contribution in [0.3, 0.4) is 0 Å². The van der Waals surface area contributed by atoms with Crippen LogP contribution in [0.4, 0.5) is 11.4 Å². The van der Waals surface area contributed by atoms with Crippen molar-refractivity contribution < 1.29 is 14.5 Å². The SMILES string of the molecule is CC(C)(C)C(=O)N/C(=C/c1c(Cl)cccc1Cl)C(=O)Nc1cccc([N+](=O)[O-])c1. The van der Waals surface area contributed by atoms with Crippen molar-refractivity contribution in [1.82, 2.24) is 5.32 Å². The number of rotatable bonds is 5. The van der Waals surface area contributed by atoms with Gasteiger partial charge in [-0.1, -0.05) is 56.1 Å². The van der Waals surface area contributed by atoms with Crippen molar-refractivity contribution in [3.8, 4) is 0 Å². The van der Waals surface area contributed by atoms with E-state index in [4.69, 9.17) is 23.2 Å². The van der Waals surface area contributed by atoms with Gasteiger partial charge in [-0.25, -0.2) is 0 Å². The highest BCUT2D eigenvalue weighted by Crippen LogP contribution is 2.27. The number of nitrogens with one attached hydrogen (secondary N) is 2. The predicted molar refractivity (Wildman–Crippen MR) is 114 cm³/mol. The third kappa shape index (κ3) is 6.04. The maximum atomic E-state index is 12.8. The lowest BCUT2D eigenvalue weighted by Crippen LogP contribution is -2.38. The summed E-state index contributed by atoms with van der Waals surface area (Å²) in [6.45, 7) is 5.09. The predicted octanol–water partition coefficient (Wildman–Crippen LogP) is 5.04. The van der Waals surface area contributed by atoms with E-state index in [0.717, 1.165) is 0 Å². The van der Waals surface area contributed by atoms with Crippen LogP contribution in [0.1, 0.15) is 26.3 Å². The van der Waals surface area contributed by atoms with E-state index in [0.29, 0.717) is 15.6 Å². The summed E-state index contributed by atoms with van der Waals surface area (Å²) in [7, 11) is 0. The highest BCUT2D eigenvalue weighted by atomic mass is 35.5. The molecule has 7 nitrogen and oxygen atoms in total. The average Bonchev–Trinajstić information content (AvgIpc) is 2.63. The van der Waals surface area contributed by atoms with E-state index in [1.807, 2.05) is 0 Å². The molecule has 0 heterocycles. The molecule has 2 aromatic rings.